The van der Waals surface area contributed by atoms with Gasteiger partial charge in [0.05, 0.1) is 27.0 Å². The molecule has 0 aliphatic rings. The van der Waals surface area contributed by atoms with Crippen molar-refractivity contribution in [3.63, 3.8) is 0 Å². The number of methoxy groups -OCH3 is 2. The first-order valence-corrected chi connectivity index (χ1v) is 9.21. The number of hydrazone groups is 1. The number of halogens is 1. The lowest BCUT2D eigenvalue weighted by Crippen LogP contribution is -2.18. The summed E-state index contributed by atoms with van der Waals surface area (Å²) >= 11 is 3.41. The van der Waals surface area contributed by atoms with Gasteiger partial charge in [0.25, 0.3) is 5.91 Å². The topological polar surface area (TPSA) is 77.7 Å². The summed E-state index contributed by atoms with van der Waals surface area (Å²) in [5.41, 5.74) is 4.56. The van der Waals surface area contributed by atoms with E-state index in [1.165, 1.54) is 6.21 Å². The Kier molecular flexibility index (Phi) is 6.44. The lowest BCUT2D eigenvalue weighted by molar-refractivity contribution is 0.0949. The maximum Gasteiger partial charge on any atom is 0.291 e. The van der Waals surface area contributed by atoms with Crippen LogP contribution in [0.3, 0.4) is 0 Å². The van der Waals surface area contributed by atoms with Gasteiger partial charge < -0.3 is 9.47 Å². The van der Waals surface area contributed by atoms with Crippen LogP contribution in [-0.4, -0.2) is 36.1 Å². The average Bonchev–Trinajstić information content (AvgIpc) is 3.18. The van der Waals surface area contributed by atoms with Crippen LogP contribution in [-0.2, 0) is 6.54 Å². The van der Waals surface area contributed by atoms with Crippen LogP contribution in [0.1, 0.15) is 21.6 Å². The lowest BCUT2D eigenvalue weighted by atomic mass is 10.2. The summed E-state index contributed by atoms with van der Waals surface area (Å²) in [7, 11) is 3.14. The highest BCUT2D eigenvalue weighted by Gasteiger charge is 2.09. The molecule has 7 nitrogen and oxygen atoms in total. The van der Waals surface area contributed by atoms with Crippen LogP contribution in [0, 0.1) is 0 Å². The van der Waals surface area contributed by atoms with Gasteiger partial charge >= 0.3 is 0 Å². The van der Waals surface area contributed by atoms with Gasteiger partial charge in [-0.25, -0.2) is 5.43 Å². The molecule has 0 atom stereocenters. The minimum Gasteiger partial charge on any atom is -0.497 e. The molecule has 0 radical (unpaired) electrons. The van der Waals surface area contributed by atoms with Gasteiger partial charge in [-0.05, 0) is 35.9 Å². The number of carbonyl (C=O) groups is 1. The number of hydrogen-bond acceptors (Lipinski definition) is 5. The predicted molar refractivity (Wildman–Crippen MR) is 110 cm³/mol. The van der Waals surface area contributed by atoms with Crippen molar-refractivity contribution in [3.05, 3.63) is 76.0 Å². The van der Waals surface area contributed by atoms with E-state index in [0.29, 0.717) is 23.6 Å². The van der Waals surface area contributed by atoms with E-state index in [0.717, 1.165) is 10.0 Å². The van der Waals surface area contributed by atoms with Crippen LogP contribution in [0.4, 0.5) is 0 Å². The number of ether oxygens (including phenoxy) is 2. The molecule has 0 unspecified atom stereocenters. The van der Waals surface area contributed by atoms with Crippen LogP contribution in [0.5, 0.6) is 11.5 Å². The summed E-state index contributed by atoms with van der Waals surface area (Å²) in [4.78, 5) is 12.2. The second kappa shape index (κ2) is 9.18. The summed E-state index contributed by atoms with van der Waals surface area (Å²) in [6.07, 6.45) is 3.27. The van der Waals surface area contributed by atoms with E-state index in [9.17, 15) is 4.79 Å². The molecule has 0 aliphatic heterocycles. The Hall–Kier alpha value is -3.13. The molecule has 28 heavy (non-hydrogen) atoms. The Morgan fingerprint density at radius 3 is 2.68 bits per heavy atom. The normalized spacial score (nSPS) is 10.8. The molecule has 0 fully saturated rings. The molecule has 1 amide bonds. The first-order valence-electron chi connectivity index (χ1n) is 8.42. The van der Waals surface area contributed by atoms with E-state index >= 15 is 0 Å². The van der Waals surface area contributed by atoms with E-state index in [4.69, 9.17) is 9.47 Å². The molecule has 0 saturated carbocycles. The monoisotopic (exact) mass is 442 g/mol. The van der Waals surface area contributed by atoms with Gasteiger partial charge in [0, 0.05) is 22.3 Å². The maximum atomic E-state index is 12.2. The van der Waals surface area contributed by atoms with Gasteiger partial charge in [0.2, 0.25) is 0 Å². The number of aromatic nitrogens is 2. The third-order valence-corrected chi connectivity index (χ3v) is 4.47. The molecule has 1 aromatic heterocycles. The SMILES string of the molecule is COc1ccc(/C=N\NC(=O)c2ccn(Cc3ccc(Br)cc3)n2)c(OC)c1. The fraction of sp³-hybridized carbons (Fsp3) is 0.150. The molecule has 3 aromatic rings. The van der Waals surface area contributed by atoms with Crippen molar-refractivity contribution in [2.75, 3.05) is 14.2 Å². The Balaban J connectivity index is 1.61. The molecule has 8 heteroatoms. The Morgan fingerprint density at radius 2 is 1.96 bits per heavy atom. The van der Waals surface area contributed by atoms with Crippen molar-refractivity contribution in [1.82, 2.24) is 15.2 Å². The summed E-state index contributed by atoms with van der Waals surface area (Å²) < 4.78 is 13.2. The lowest BCUT2D eigenvalue weighted by Gasteiger charge is -2.06. The van der Waals surface area contributed by atoms with E-state index in [2.05, 4.69) is 31.6 Å². The molecule has 0 spiro atoms. The quantitative estimate of drug-likeness (QED) is 0.448. The molecule has 3 rings (SSSR count). The summed E-state index contributed by atoms with van der Waals surface area (Å²) in [6.45, 7) is 0.576. The highest BCUT2D eigenvalue weighted by Crippen LogP contribution is 2.23. The molecule has 2 aromatic carbocycles. The van der Waals surface area contributed by atoms with Crippen LogP contribution >= 0.6 is 15.9 Å². The molecular weight excluding hydrogens is 424 g/mol. The molecular formula is C20H19BrN4O3. The third-order valence-electron chi connectivity index (χ3n) is 3.94. The van der Waals surface area contributed by atoms with Gasteiger partial charge in [-0.3, -0.25) is 9.48 Å². The van der Waals surface area contributed by atoms with Gasteiger partial charge in [-0.1, -0.05) is 28.1 Å². The fourth-order valence-electron chi connectivity index (χ4n) is 2.49. The van der Waals surface area contributed by atoms with Crippen LogP contribution in [0.25, 0.3) is 0 Å². The number of nitrogens with zero attached hydrogens (tertiary/aromatic N) is 3. The molecule has 0 aliphatic carbocycles. The van der Waals surface area contributed by atoms with E-state index in [1.807, 2.05) is 24.3 Å². The van der Waals surface area contributed by atoms with Gasteiger partial charge in [0.15, 0.2) is 5.69 Å². The van der Waals surface area contributed by atoms with Crippen molar-refractivity contribution in [3.8, 4) is 11.5 Å². The smallest absolute Gasteiger partial charge is 0.291 e. The largest absolute Gasteiger partial charge is 0.497 e. The van der Waals surface area contributed by atoms with Gasteiger partial charge in [0.1, 0.15) is 11.5 Å². The van der Waals surface area contributed by atoms with E-state index in [1.54, 1.807) is 49.4 Å². The molecule has 1 N–H and O–H groups in total. The standard InChI is InChI=1S/C20H19BrN4O3/c1-27-17-8-5-15(19(11-17)28-2)12-22-23-20(26)18-9-10-25(24-18)13-14-3-6-16(21)7-4-14/h3-12H,13H2,1-2H3,(H,23,26)/b22-12-. The van der Waals surface area contributed by atoms with E-state index in [-0.39, 0.29) is 5.69 Å². The van der Waals surface area contributed by atoms with Crippen molar-refractivity contribution in [2.45, 2.75) is 6.54 Å². The second-order valence-corrected chi connectivity index (χ2v) is 6.75. The zero-order valence-corrected chi connectivity index (χ0v) is 17.0. The first kappa shape index (κ1) is 19.6. The second-order valence-electron chi connectivity index (χ2n) is 5.83. The highest BCUT2D eigenvalue weighted by molar-refractivity contribution is 9.10. The molecule has 0 saturated heterocycles. The summed E-state index contributed by atoms with van der Waals surface area (Å²) in [5, 5.41) is 8.27. The third kappa shape index (κ3) is 4.98. The van der Waals surface area contributed by atoms with Crippen LogP contribution in [0.15, 0.2) is 64.3 Å². The summed E-state index contributed by atoms with van der Waals surface area (Å²) in [5.74, 6) is 0.878. The van der Waals surface area contributed by atoms with Crippen molar-refractivity contribution in [1.29, 1.82) is 0 Å². The Bertz CT molecular complexity index is 983. The fourth-order valence-corrected chi connectivity index (χ4v) is 2.75. The molecule has 1 heterocycles. The highest BCUT2D eigenvalue weighted by atomic mass is 79.9. The average molecular weight is 443 g/mol. The minimum atomic E-state index is -0.390. The Morgan fingerprint density at radius 1 is 1.18 bits per heavy atom. The van der Waals surface area contributed by atoms with Gasteiger partial charge in [-0.2, -0.15) is 10.2 Å². The zero-order chi connectivity index (χ0) is 19.9. The number of amides is 1. The number of benzene rings is 2. The number of nitrogens with one attached hydrogen (secondary N) is 1. The minimum absolute atomic E-state index is 0.288. The predicted octanol–water partition coefficient (Wildman–Crippen LogP) is 3.48. The first-order chi connectivity index (χ1) is 13.6. The van der Waals surface area contributed by atoms with Crippen molar-refractivity contribution >= 4 is 28.1 Å². The van der Waals surface area contributed by atoms with Crippen LogP contribution < -0.4 is 14.9 Å². The summed E-state index contributed by atoms with van der Waals surface area (Å²) in [6, 6.07) is 14.9. The zero-order valence-electron chi connectivity index (χ0n) is 15.4. The van der Waals surface area contributed by atoms with Crippen molar-refractivity contribution in [2.24, 2.45) is 5.10 Å². The maximum absolute atomic E-state index is 12.2. The molecule has 144 valence electrons. The van der Waals surface area contributed by atoms with Crippen molar-refractivity contribution < 1.29 is 14.3 Å². The number of carbonyl (C=O) groups excluding carboxylic acids is 1. The van der Waals surface area contributed by atoms with Gasteiger partial charge in [-0.15, -0.1) is 0 Å². The number of rotatable bonds is 7. The van der Waals surface area contributed by atoms with E-state index < -0.39 is 5.91 Å². The number of hydrogen-bond donors (Lipinski definition) is 1. The Labute approximate surface area is 171 Å². The van der Waals surface area contributed by atoms with Crippen LogP contribution in [0.2, 0.25) is 0 Å². The molecule has 0 bridgehead atoms.